The highest BCUT2D eigenvalue weighted by atomic mass is 19.1. The van der Waals surface area contributed by atoms with E-state index in [1.807, 2.05) is 0 Å². The molecule has 1 N–H and O–H groups in total. The Morgan fingerprint density at radius 1 is 1.16 bits per heavy atom. The number of benzene rings is 2. The summed E-state index contributed by atoms with van der Waals surface area (Å²) in [5, 5.41) is 17.6. The van der Waals surface area contributed by atoms with Gasteiger partial charge in [0.1, 0.15) is 17.5 Å². The minimum absolute atomic E-state index is 0.0998. The number of rotatable bonds is 5. The number of halogens is 1. The lowest BCUT2D eigenvalue weighted by molar-refractivity contribution is -0.132. The summed E-state index contributed by atoms with van der Waals surface area (Å²) in [6, 6.07) is 10.7. The minimum Gasteiger partial charge on any atom is -0.493 e. The minimum atomic E-state index is -1.35. The van der Waals surface area contributed by atoms with Gasteiger partial charge in [0.15, 0.2) is 11.5 Å². The van der Waals surface area contributed by atoms with Crippen molar-refractivity contribution >= 4 is 18.0 Å². The van der Waals surface area contributed by atoms with Crippen LogP contribution in [0.15, 0.2) is 48.0 Å². The van der Waals surface area contributed by atoms with Gasteiger partial charge in [-0.05, 0) is 48.0 Å². The van der Waals surface area contributed by atoms with Gasteiger partial charge in [0.25, 0.3) is 0 Å². The van der Waals surface area contributed by atoms with E-state index < -0.39 is 23.3 Å². The zero-order valence-corrected chi connectivity index (χ0v) is 13.0. The van der Waals surface area contributed by atoms with E-state index >= 15 is 0 Å². The molecule has 0 spiro atoms. The monoisotopic (exact) mass is 341 g/mol. The molecular formula is C18H12FNO5. The molecule has 0 saturated carbocycles. The zero-order valence-electron chi connectivity index (χ0n) is 13.0. The summed E-state index contributed by atoms with van der Waals surface area (Å²) < 4.78 is 23.2. The van der Waals surface area contributed by atoms with E-state index in [-0.39, 0.29) is 17.1 Å². The maximum atomic E-state index is 12.9. The van der Waals surface area contributed by atoms with Crippen LogP contribution in [0.2, 0.25) is 0 Å². The fraction of sp³-hybridized carbons (Fsp3) is 0.0556. The zero-order chi connectivity index (χ0) is 18.4. The number of methoxy groups -OCH3 is 1. The van der Waals surface area contributed by atoms with E-state index in [0.29, 0.717) is 5.56 Å². The molecule has 0 aliphatic carbocycles. The number of aliphatic carboxylic acids is 1. The molecule has 2 aromatic rings. The van der Waals surface area contributed by atoms with Crippen molar-refractivity contribution in [1.82, 2.24) is 0 Å². The Morgan fingerprint density at radius 3 is 2.40 bits per heavy atom. The fourth-order valence-electron chi connectivity index (χ4n) is 1.91. The Balaban J connectivity index is 2.28. The number of ether oxygens (including phenoxy) is 2. The number of nitrogens with zero attached hydrogens (tertiary/aromatic N) is 1. The third-order valence-electron chi connectivity index (χ3n) is 3.13. The Kier molecular flexibility index (Phi) is 5.48. The van der Waals surface area contributed by atoms with Crippen LogP contribution >= 0.6 is 0 Å². The standard InChI is InChI=1S/C18H12FNO5/c1-24-16-9-11(8-13(10-20)17(21)22)2-7-15(16)25-18(23)12-3-5-14(19)6-4-12/h2-9H,1H3,(H,21,22)/b13-8+. The van der Waals surface area contributed by atoms with Gasteiger partial charge in [0.2, 0.25) is 0 Å². The second kappa shape index (κ2) is 7.75. The molecule has 0 aliphatic rings. The molecule has 126 valence electrons. The number of carbonyl (C=O) groups excluding carboxylic acids is 1. The maximum Gasteiger partial charge on any atom is 0.346 e. The first-order valence-electron chi connectivity index (χ1n) is 6.95. The van der Waals surface area contributed by atoms with Crippen molar-refractivity contribution in [3.05, 3.63) is 65.0 Å². The number of carboxylic acids is 1. The van der Waals surface area contributed by atoms with Crippen molar-refractivity contribution in [2.24, 2.45) is 0 Å². The first-order valence-corrected chi connectivity index (χ1v) is 6.95. The van der Waals surface area contributed by atoms with Crippen LogP contribution in [0.5, 0.6) is 11.5 Å². The first-order chi connectivity index (χ1) is 11.9. The van der Waals surface area contributed by atoms with Crippen molar-refractivity contribution in [3.8, 4) is 17.6 Å². The highest BCUT2D eigenvalue weighted by Gasteiger charge is 2.14. The summed E-state index contributed by atoms with van der Waals surface area (Å²) in [7, 11) is 1.35. The van der Waals surface area contributed by atoms with E-state index in [9.17, 15) is 14.0 Å². The van der Waals surface area contributed by atoms with E-state index in [4.69, 9.17) is 19.8 Å². The predicted octanol–water partition coefficient (Wildman–Crippen LogP) is 3.05. The molecular weight excluding hydrogens is 329 g/mol. The number of carbonyl (C=O) groups is 2. The lowest BCUT2D eigenvalue weighted by Crippen LogP contribution is -2.09. The van der Waals surface area contributed by atoms with Crippen molar-refractivity contribution in [1.29, 1.82) is 5.26 Å². The van der Waals surface area contributed by atoms with Gasteiger partial charge in [0, 0.05) is 0 Å². The molecule has 0 radical (unpaired) electrons. The van der Waals surface area contributed by atoms with Crippen LogP contribution in [0.1, 0.15) is 15.9 Å². The average Bonchev–Trinajstić information content (AvgIpc) is 2.60. The molecule has 6 nitrogen and oxygen atoms in total. The highest BCUT2D eigenvalue weighted by molar-refractivity contribution is 5.96. The highest BCUT2D eigenvalue weighted by Crippen LogP contribution is 2.29. The van der Waals surface area contributed by atoms with Crippen LogP contribution in [-0.4, -0.2) is 24.2 Å². The van der Waals surface area contributed by atoms with Crippen LogP contribution in [0, 0.1) is 17.1 Å². The number of carboxylic acid groups (broad SMARTS) is 1. The van der Waals surface area contributed by atoms with Crippen LogP contribution in [0.4, 0.5) is 4.39 Å². The van der Waals surface area contributed by atoms with Crippen molar-refractivity contribution in [2.45, 2.75) is 0 Å². The summed E-state index contributed by atoms with van der Waals surface area (Å²) in [5.74, 6) is -2.26. The molecule has 0 heterocycles. The lowest BCUT2D eigenvalue weighted by Gasteiger charge is -2.10. The second-order valence-electron chi connectivity index (χ2n) is 4.78. The normalized spacial score (nSPS) is 10.7. The smallest absolute Gasteiger partial charge is 0.346 e. The Hall–Kier alpha value is -3.66. The van der Waals surface area contributed by atoms with Gasteiger partial charge in [-0.25, -0.2) is 14.0 Å². The molecule has 0 aliphatic heterocycles. The van der Waals surface area contributed by atoms with Gasteiger partial charge in [-0.1, -0.05) is 6.07 Å². The Bertz CT molecular complexity index is 881. The van der Waals surface area contributed by atoms with Crippen molar-refractivity contribution in [2.75, 3.05) is 7.11 Å². The van der Waals surface area contributed by atoms with Gasteiger partial charge in [-0.3, -0.25) is 0 Å². The molecule has 0 fully saturated rings. The number of hydrogen-bond acceptors (Lipinski definition) is 5. The molecule has 0 saturated heterocycles. The third kappa shape index (κ3) is 4.42. The Morgan fingerprint density at radius 2 is 1.84 bits per heavy atom. The van der Waals surface area contributed by atoms with E-state index in [2.05, 4.69) is 0 Å². The third-order valence-corrected chi connectivity index (χ3v) is 3.13. The van der Waals surface area contributed by atoms with Crippen LogP contribution in [-0.2, 0) is 4.79 Å². The van der Waals surface area contributed by atoms with Crippen molar-refractivity contribution in [3.63, 3.8) is 0 Å². The molecule has 25 heavy (non-hydrogen) atoms. The summed E-state index contributed by atoms with van der Waals surface area (Å²) in [4.78, 5) is 22.9. The molecule has 0 unspecified atom stereocenters. The maximum absolute atomic E-state index is 12.9. The van der Waals surface area contributed by atoms with E-state index in [1.54, 1.807) is 6.07 Å². The predicted molar refractivity (Wildman–Crippen MR) is 85.6 cm³/mol. The largest absolute Gasteiger partial charge is 0.493 e. The first kappa shape index (κ1) is 17.7. The lowest BCUT2D eigenvalue weighted by atomic mass is 10.1. The van der Waals surface area contributed by atoms with Gasteiger partial charge in [-0.2, -0.15) is 5.26 Å². The van der Waals surface area contributed by atoms with Gasteiger partial charge < -0.3 is 14.6 Å². The number of nitriles is 1. The van der Waals surface area contributed by atoms with Gasteiger partial charge >= 0.3 is 11.9 Å². The SMILES string of the molecule is COc1cc(/C=C(\C#N)C(=O)O)ccc1OC(=O)c1ccc(F)cc1. The van der Waals surface area contributed by atoms with Crippen LogP contribution in [0.3, 0.4) is 0 Å². The van der Waals surface area contributed by atoms with Crippen LogP contribution < -0.4 is 9.47 Å². The van der Waals surface area contributed by atoms with Gasteiger partial charge in [0.05, 0.1) is 12.7 Å². The molecule has 2 rings (SSSR count). The molecule has 0 aromatic heterocycles. The molecule has 0 atom stereocenters. The summed E-state index contributed by atoms with van der Waals surface area (Å²) in [6.07, 6.45) is 1.16. The summed E-state index contributed by atoms with van der Waals surface area (Å²) in [5.41, 5.74) is 0.0977. The molecule has 7 heteroatoms. The molecule has 0 amide bonds. The molecule has 0 bridgehead atoms. The average molecular weight is 341 g/mol. The van der Waals surface area contributed by atoms with Crippen molar-refractivity contribution < 1.29 is 28.6 Å². The van der Waals surface area contributed by atoms with E-state index in [0.717, 1.165) is 18.2 Å². The van der Waals surface area contributed by atoms with Gasteiger partial charge in [-0.15, -0.1) is 0 Å². The molecule has 2 aromatic carbocycles. The topological polar surface area (TPSA) is 96.6 Å². The summed E-state index contributed by atoms with van der Waals surface area (Å²) >= 11 is 0. The second-order valence-corrected chi connectivity index (χ2v) is 4.78. The Labute approximate surface area is 142 Å². The van der Waals surface area contributed by atoms with E-state index in [1.165, 1.54) is 37.4 Å². The fourth-order valence-corrected chi connectivity index (χ4v) is 1.91. The quantitative estimate of drug-likeness (QED) is 0.389. The summed E-state index contributed by atoms with van der Waals surface area (Å²) in [6.45, 7) is 0. The number of hydrogen-bond donors (Lipinski definition) is 1. The number of esters is 1. The van der Waals surface area contributed by atoms with Crippen LogP contribution in [0.25, 0.3) is 6.08 Å².